The molecule has 0 aliphatic carbocycles. The maximum Gasteiger partial charge on any atom is 0.222 e. The van der Waals surface area contributed by atoms with Gasteiger partial charge < -0.3 is 10.1 Å². The van der Waals surface area contributed by atoms with Crippen molar-refractivity contribution in [2.24, 2.45) is 5.92 Å². The van der Waals surface area contributed by atoms with Crippen molar-refractivity contribution in [2.75, 3.05) is 37.0 Å². The van der Waals surface area contributed by atoms with Gasteiger partial charge in [-0.1, -0.05) is 13.8 Å². The monoisotopic (exact) mass is 277 g/mol. The van der Waals surface area contributed by atoms with Crippen molar-refractivity contribution in [3.63, 3.8) is 0 Å². The number of nitrogens with one attached hydrogen (secondary N) is 1. The average molecular weight is 277 g/mol. The van der Waals surface area contributed by atoms with E-state index in [2.05, 4.69) is 19.2 Å². The zero-order valence-corrected chi connectivity index (χ0v) is 12.4. The van der Waals surface area contributed by atoms with Gasteiger partial charge in [-0.25, -0.2) is 0 Å². The first-order chi connectivity index (χ1) is 8.18. The summed E-state index contributed by atoms with van der Waals surface area (Å²) in [6.07, 6.45) is 0.483. The molecule has 17 heavy (non-hydrogen) atoms. The van der Waals surface area contributed by atoms with Crippen LogP contribution >= 0.6 is 23.5 Å². The summed E-state index contributed by atoms with van der Waals surface area (Å²) in [4.78, 5) is 11.5. The van der Waals surface area contributed by atoms with E-state index in [9.17, 15) is 4.79 Å². The number of thioether (sulfide) groups is 2. The molecule has 0 aromatic carbocycles. The number of ether oxygens (including phenoxy) is 1. The standard InChI is InChI=1S/C12H23NO2S2/c1-10(2)8-15-4-3-12(14)13-7-11-9-16-5-6-17-11/h10-11H,3-9H2,1-2H3,(H,13,14)/t11-/m1/s1. The lowest BCUT2D eigenvalue weighted by Crippen LogP contribution is -2.33. The second-order valence-corrected chi connectivity index (χ2v) is 7.15. The highest BCUT2D eigenvalue weighted by molar-refractivity contribution is 8.06. The molecule has 1 amide bonds. The highest BCUT2D eigenvalue weighted by Crippen LogP contribution is 2.23. The van der Waals surface area contributed by atoms with Gasteiger partial charge in [0.25, 0.3) is 0 Å². The Labute approximate surface area is 113 Å². The Morgan fingerprint density at radius 2 is 2.29 bits per heavy atom. The molecule has 1 N–H and O–H groups in total. The summed E-state index contributed by atoms with van der Waals surface area (Å²) in [5.41, 5.74) is 0. The molecule has 0 bridgehead atoms. The van der Waals surface area contributed by atoms with Gasteiger partial charge in [0.2, 0.25) is 5.91 Å². The molecule has 5 heteroatoms. The number of amides is 1. The number of carbonyl (C=O) groups is 1. The molecule has 1 atom stereocenters. The SMILES string of the molecule is CC(C)COCCC(=O)NC[C@@H]1CSCCS1. The van der Waals surface area contributed by atoms with Crippen LogP contribution in [0.3, 0.4) is 0 Å². The topological polar surface area (TPSA) is 38.3 Å². The minimum Gasteiger partial charge on any atom is -0.381 e. The van der Waals surface area contributed by atoms with Crippen LogP contribution in [-0.2, 0) is 9.53 Å². The lowest BCUT2D eigenvalue weighted by Gasteiger charge is -2.21. The van der Waals surface area contributed by atoms with Gasteiger partial charge in [-0.15, -0.1) is 0 Å². The van der Waals surface area contributed by atoms with E-state index in [1.54, 1.807) is 0 Å². The van der Waals surface area contributed by atoms with Crippen LogP contribution in [0, 0.1) is 5.92 Å². The largest absolute Gasteiger partial charge is 0.381 e. The Hall–Kier alpha value is 0.130. The van der Waals surface area contributed by atoms with Crippen LogP contribution in [0.1, 0.15) is 20.3 Å². The molecule has 0 aromatic rings. The van der Waals surface area contributed by atoms with E-state index in [0.29, 0.717) is 24.2 Å². The summed E-state index contributed by atoms with van der Waals surface area (Å²) in [6.45, 7) is 6.30. The van der Waals surface area contributed by atoms with Gasteiger partial charge in [0, 0.05) is 42.1 Å². The third kappa shape index (κ3) is 7.95. The normalized spacial score (nSPS) is 20.5. The number of hydrogen-bond donors (Lipinski definition) is 1. The van der Waals surface area contributed by atoms with Crippen LogP contribution in [0.25, 0.3) is 0 Å². The van der Waals surface area contributed by atoms with Crippen molar-refractivity contribution < 1.29 is 9.53 Å². The van der Waals surface area contributed by atoms with Gasteiger partial charge in [-0.3, -0.25) is 4.79 Å². The van der Waals surface area contributed by atoms with Gasteiger partial charge in [-0.05, 0) is 5.92 Å². The fraction of sp³-hybridized carbons (Fsp3) is 0.917. The smallest absolute Gasteiger partial charge is 0.222 e. The van der Waals surface area contributed by atoms with Gasteiger partial charge in [0.05, 0.1) is 6.61 Å². The minimum absolute atomic E-state index is 0.116. The Kier molecular flexibility index (Phi) is 8.14. The molecule has 1 aliphatic rings. The average Bonchev–Trinajstić information content (AvgIpc) is 2.33. The van der Waals surface area contributed by atoms with Crippen molar-refractivity contribution in [3.8, 4) is 0 Å². The van der Waals surface area contributed by atoms with E-state index in [1.165, 1.54) is 11.5 Å². The molecule has 0 unspecified atom stereocenters. The zero-order chi connectivity index (χ0) is 12.5. The van der Waals surface area contributed by atoms with Gasteiger partial charge in [0.15, 0.2) is 0 Å². The fourth-order valence-corrected chi connectivity index (χ4v) is 4.07. The summed E-state index contributed by atoms with van der Waals surface area (Å²) in [7, 11) is 0. The highest BCUT2D eigenvalue weighted by Gasteiger charge is 2.14. The van der Waals surface area contributed by atoms with Gasteiger partial charge >= 0.3 is 0 Å². The first-order valence-corrected chi connectivity index (χ1v) is 8.42. The highest BCUT2D eigenvalue weighted by atomic mass is 32.2. The molecule has 0 saturated carbocycles. The predicted octanol–water partition coefficient (Wildman–Crippen LogP) is 2.01. The summed E-state index contributed by atoms with van der Waals surface area (Å²) in [5.74, 6) is 4.27. The molecule has 1 rings (SSSR count). The molecule has 1 fully saturated rings. The number of hydrogen-bond acceptors (Lipinski definition) is 4. The molecule has 1 heterocycles. The van der Waals surface area contributed by atoms with Crippen LogP contribution in [-0.4, -0.2) is 48.2 Å². The Morgan fingerprint density at radius 3 is 2.94 bits per heavy atom. The maximum atomic E-state index is 11.5. The van der Waals surface area contributed by atoms with Gasteiger partial charge in [-0.2, -0.15) is 23.5 Å². The van der Waals surface area contributed by atoms with Crippen molar-refractivity contribution in [3.05, 3.63) is 0 Å². The van der Waals surface area contributed by atoms with E-state index >= 15 is 0 Å². The Morgan fingerprint density at radius 1 is 1.47 bits per heavy atom. The van der Waals surface area contributed by atoms with Crippen LogP contribution in [0.2, 0.25) is 0 Å². The van der Waals surface area contributed by atoms with Crippen molar-refractivity contribution >= 4 is 29.4 Å². The molecule has 3 nitrogen and oxygen atoms in total. The van der Waals surface area contributed by atoms with E-state index < -0.39 is 0 Å². The number of rotatable bonds is 7. The molecule has 0 aromatic heterocycles. The van der Waals surface area contributed by atoms with Crippen molar-refractivity contribution in [1.29, 1.82) is 0 Å². The van der Waals surface area contributed by atoms with Crippen LogP contribution in [0.15, 0.2) is 0 Å². The predicted molar refractivity (Wildman–Crippen MR) is 76.9 cm³/mol. The minimum atomic E-state index is 0.116. The van der Waals surface area contributed by atoms with Crippen molar-refractivity contribution in [1.82, 2.24) is 5.32 Å². The summed E-state index contributed by atoms with van der Waals surface area (Å²) in [6, 6.07) is 0. The third-order valence-electron chi connectivity index (χ3n) is 2.34. The van der Waals surface area contributed by atoms with Crippen molar-refractivity contribution in [2.45, 2.75) is 25.5 Å². The van der Waals surface area contributed by atoms with E-state index in [0.717, 1.165) is 18.9 Å². The lowest BCUT2D eigenvalue weighted by molar-refractivity contribution is -0.122. The fourth-order valence-electron chi connectivity index (χ4n) is 1.45. The van der Waals surface area contributed by atoms with E-state index in [-0.39, 0.29) is 5.91 Å². The quantitative estimate of drug-likeness (QED) is 0.723. The Bertz CT molecular complexity index is 219. The summed E-state index contributed by atoms with van der Waals surface area (Å²) < 4.78 is 5.39. The maximum absolute atomic E-state index is 11.5. The molecule has 1 saturated heterocycles. The first kappa shape index (κ1) is 15.2. The zero-order valence-electron chi connectivity index (χ0n) is 10.7. The third-order valence-corrected chi connectivity index (χ3v) is 5.18. The molecule has 0 radical (unpaired) electrons. The van der Waals surface area contributed by atoms with E-state index in [1.807, 2.05) is 23.5 Å². The van der Waals surface area contributed by atoms with Crippen LogP contribution < -0.4 is 5.32 Å². The molecular formula is C12H23NO2S2. The summed E-state index contributed by atoms with van der Waals surface area (Å²) in [5, 5.41) is 3.58. The Balaban J connectivity index is 1.96. The molecular weight excluding hydrogens is 254 g/mol. The van der Waals surface area contributed by atoms with Gasteiger partial charge in [0.1, 0.15) is 0 Å². The number of carbonyl (C=O) groups excluding carboxylic acids is 1. The molecule has 0 spiro atoms. The lowest BCUT2D eigenvalue weighted by atomic mass is 10.2. The second kappa shape index (κ2) is 9.11. The molecule has 1 aliphatic heterocycles. The van der Waals surface area contributed by atoms with E-state index in [4.69, 9.17) is 4.74 Å². The first-order valence-electron chi connectivity index (χ1n) is 6.22. The molecule has 100 valence electrons. The van der Waals surface area contributed by atoms with Crippen LogP contribution in [0.5, 0.6) is 0 Å². The second-order valence-electron chi connectivity index (χ2n) is 4.59. The van der Waals surface area contributed by atoms with Crippen LogP contribution in [0.4, 0.5) is 0 Å². The summed E-state index contributed by atoms with van der Waals surface area (Å²) >= 11 is 3.95.